The number of thiophene rings is 1. The molecular weight excluding hydrogens is 236 g/mol. The van der Waals surface area contributed by atoms with E-state index in [-0.39, 0.29) is 0 Å². The van der Waals surface area contributed by atoms with E-state index in [1.54, 1.807) is 17.5 Å². The summed E-state index contributed by atoms with van der Waals surface area (Å²) in [5.41, 5.74) is 7.55. The van der Waals surface area contributed by atoms with Crippen LogP contribution in [-0.4, -0.2) is 4.98 Å². The lowest BCUT2D eigenvalue weighted by molar-refractivity contribution is 1.24. The van der Waals surface area contributed by atoms with Crippen molar-refractivity contribution in [3.63, 3.8) is 0 Å². The second-order valence-electron chi connectivity index (χ2n) is 2.59. The molecule has 2 aromatic rings. The minimum absolute atomic E-state index is 0.756. The molecule has 2 N–H and O–H groups in total. The molecule has 2 heterocycles. The van der Waals surface area contributed by atoms with E-state index in [9.17, 15) is 0 Å². The van der Waals surface area contributed by atoms with Crippen LogP contribution in [0.1, 0.15) is 5.69 Å². The van der Waals surface area contributed by atoms with Gasteiger partial charge in [0.05, 0.1) is 20.4 Å². The van der Waals surface area contributed by atoms with E-state index >= 15 is 0 Å². The Hall–Kier alpha value is -0.610. The molecule has 0 aliphatic carbocycles. The standard InChI is InChI=1S/C8H7BrN2S/c1-4-5-2-7(9)12-8(5)6(10)3-11-4/h2-3H,10H2,1H3. The third-order valence-electron chi connectivity index (χ3n) is 1.75. The van der Waals surface area contributed by atoms with Crippen LogP contribution in [0.2, 0.25) is 0 Å². The first-order valence-electron chi connectivity index (χ1n) is 3.48. The third-order valence-corrected chi connectivity index (χ3v) is 3.44. The SMILES string of the molecule is Cc1ncc(N)c2sc(Br)cc12. The minimum atomic E-state index is 0.756. The summed E-state index contributed by atoms with van der Waals surface area (Å²) in [5.74, 6) is 0. The van der Waals surface area contributed by atoms with Crippen molar-refractivity contribution < 1.29 is 0 Å². The van der Waals surface area contributed by atoms with Crippen molar-refractivity contribution in [3.05, 3.63) is 21.7 Å². The predicted octanol–water partition coefficient (Wildman–Crippen LogP) is 2.95. The Labute approximate surface area is 82.5 Å². The van der Waals surface area contributed by atoms with Gasteiger partial charge in [0.15, 0.2) is 0 Å². The molecule has 0 bridgehead atoms. The monoisotopic (exact) mass is 242 g/mol. The van der Waals surface area contributed by atoms with Crippen LogP contribution in [0.5, 0.6) is 0 Å². The van der Waals surface area contributed by atoms with Gasteiger partial charge in [-0.1, -0.05) is 0 Å². The number of pyridine rings is 1. The lowest BCUT2D eigenvalue weighted by atomic mass is 10.2. The zero-order valence-electron chi connectivity index (χ0n) is 6.47. The van der Waals surface area contributed by atoms with Crippen molar-refractivity contribution in [2.45, 2.75) is 6.92 Å². The van der Waals surface area contributed by atoms with E-state index < -0.39 is 0 Å². The van der Waals surface area contributed by atoms with E-state index in [4.69, 9.17) is 5.73 Å². The summed E-state index contributed by atoms with van der Waals surface area (Å²) in [4.78, 5) is 4.18. The number of nitrogens with zero attached hydrogens (tertiary/aromatic N) is 1. The molecule has 2 rings (SSSR count). The normalized spacial score (nSPS) is 10.8. The van der Waals surface area contributed by atoms with Gasteiger partial charge in [-0.2, -0.15) is 0 Å². The highest BCUT2D eigenvalue weighted by atomic mass is 79.9. The Balaban J connectivity index is 2.93. The number of nitrogen functional groups attached to an aromatic ring is 1. The Morgan fingerprint density at radius 2 is 2.33 bits per heavy atom. The van der Waals surface area contributed by atoms with Gasteiger partial charge < -0.3 is 5.73 Å². The molecule has 0 fully saturated rings. The Kier molecular flexibility index (Phi) is 1.81. The van der Waals surface area contributed by atoms with Crippen LogP contribution in [0.25, 0.3) is 10.1 Å². The van der Waals surface area contributed by atoms with Gasteiger partial charge in [0.1, 0.15) is 0 Å². The van der Waals surface area contributed by atoms with E-state index in [0.717, 1.165) is 25.3 Å². The first-order valence-corrected chi connectivity index (χ1v) is 5.09. The van der Waals surface area contributed by atoms with Gasteiger partial charge in [0, 0.05) is 11.1 Å². The van der Waals surface area contributed by atoms with Crippen molar-refractivity contribution in [1.82, 2.24) is 4.98 Å². The molecule has 0 saturated heterocycles. The zero-order valence-corrected chi connectivity index (χ0v) is 8.87. The number of hydrogen-bond donors (Lipinski definition) is 1. The molecule has 0 aliphatic heterocycles. The number of halogens is 1. The number of anilines is 1. The molecule has 0 aromatic carbocycles. The highest BCUT2D eigenvalue weighted by molar-refractivity contribution is 9.11. The second-order valence-corrected chi connectivity index (χ2v) is 5.02. The summed E-state index contributed by atoms with van der Waals surface area (Å²) in [6.07, 6.45) is 1.71. The van der Waals surface area contributed by atoms with Crippen molar-refractivity contribution in [2.75, 3.05) is 5.73 Å². The topological polar surface area (TPSA) is 38.9 Å². The number of rotatable bonds is 0. The molecule has 62 valence electrons. The zero-order chi connectivity index (χ0) is 8.72. The fourth-order valence-electron chi connectivity index (χ4n) is 1.14. The Bertz CT molecular complexity index is 397. The van der Waals surface area contributed by atoms with E-state index in [2.05, 4.69) is 27.0 Å². The van der Waals surface area contributed by atoms with Gasteiger partial charge in [-0.25, -0.2) is 0 Å². The smallest absolute Gasteiger partial charge is 0.0712 e. The highest BCUT2D eigenvalue weighted by Gasteiger charge is 2.05. The summed E-state index contributed by atoms with van der Waals surface area (Å²) < 4.78 is 2.22. The summed E-state index contributed by atoms with van der Waals surface area (Å²) in [6.45, 7) is 1.99. The van der Waals surface area contributed by atoms with Crippen LogP contribution in [0.4, 0.5) is 5.69 Å². The van der Waals surface area contributed by atoms with Crippen LogP contribution in [0, 0.1) is 6.92 Å². The summed E-state index contributed by atoms with van der Waals surface area (Å²) in [5, 5.41) is 1.15. The van der Waals surface area contributed by atoms with Crippen molar-refractivity contribution in [2.24, 2.45) is 0 Å². The molecule has 4 heteroatoms. The molecular formula is C8H7BrN2S. The van der Waals surface area contributed by atoms with E-state index in [0.29, 0.717) is 0 Å². The van der Waals surface area contributed by atoms with Crippen molar-refractivity contribution in [3.8, 4) is 0 Å². The lowest BCUT2D eigenvalue weighted by Crippen LogP contribution is -1.88. The summed E-state index contributed by atoms with van der Waals surface area (Å²) in [6, 6.07) is 2.05. The lowest BCUT2D eigenvalue weighted by Gasteiger charge is -1.96. The molecule has 2 nitrogen and oxygen atoms in total. The van der Waals surface area contributed by atoms with Gasteiger partial charge in [-0.3, -0.25) is 4.98 Å². The van der Waals surface area contributed by atoms with Crippen molar-refractivity contribution in [1.29, 1.82) is 0 Å². The number of fused-ring (bicyclic) bond motifs is 1. The predicted molar refractivity (Wildman–Crippen MR) is 56.5 cm³/mol. The second kappa shape index (κ2) is 2.71. The third kappa shape index (κ3) is 1.11. The van der Waals surface area contributed by atoms with Gasteiger partial charge >= 0.3 is 0 Å². The fraction of sp³-hybridized carbons (Fsp3) is 0.125. The maximum absolute atomic E-state index is 5.77. The van der Waals surface area contributed by atoms with Crippen LogP contribution in [0.3, 0.4) is 0 Å². The van der Waals surface area contributed by atoms with Gasteiger partial charge in [0.2, 0.25) is 0 Å². The number of hydrogen-bond acceptors (Lipinski definition) is 3. The van der Waals surface area contributed by atoms with Crippen molar-refractivity contribution >= 4 is 43.0 Å². The van der Waals surface area contributed by atoms with Crippen LogP contribution in [0.15, 0.2) is 16.0 Å². The fourth-order valence-corrected chi connectivity index (χ4v) is 2.71. The molecule has 0 saturated carbocycles. The maximum Gasteiger partial charge on any atom is 0.0712 e. The Morgan fingerprint density at radius 1 is 1.58 bits per heavy atom. The maximum atomic E-state index is 5.77. The summed E-state index contributed by atoms with van der Waals surface area (Å²) >= 11 is 5.07. The number of aryl methyl sites for hydroxylation is 1. The average molecular weight is 243 g/mol. The highest BCUT2D eigenvalue weighted by Crippen LogP contribution is 2.34. The van der Waals surface area contributed by atoms with Crippen LogP contribution < -0.4 is 5.73 Å². The van der Waals surface area contributed by atoms with Crippen LogP contribution >= 0.6 is 27.3 Å². The van der Waals surface area contributed by atoms with Gasteiger partial charge in [-0.05, 0) is 28.9 Å². The van der Waals surface area contributed by atoms with Gasteiger partial charge in [0.25, 0.3) is 0 Å². The molecule has 12 heavy (non-hydrogen) atoms. The largest absolute Gasteiger partial charge is 0.396 e. The molecule has 2 aromatic heterocycles. The Morgan fingerprint density at radius 3 is 3.00 bits per heavy atom. The minimum Gasteiger partial charge on any atom is -0.396 e. The molecule has 0 spiro atoms. The first-order chi connectivity index (χ1) is 5.68. The first kappa shape index (κ1) is 8.01. The van der Waals surface area contributed by atoms with E-state index in [1.165, 1.54) is 0 Å². The summed E-state index contributed by atoms with van der Waals surface area (Å²) in [7, 11) is 0. The molecule has 0 atom stereocenters. The molecule has 0 amide bonds. The van der Waals surface area contributed by atoms with E-state index in [1.807, 2.05) is 6.92 Å². The van der Waals surface area contributed by atoms with Crippen LogP contribution in [-0.2, 0) is 0 Å². The quantitative estimate of drug-likeness (QED) is 0.772. The molecule has 0 unspecified atom stereocenters. The number of nitrogens with two attached hydrogens (primary N) is 1. The van der Waals surface area contributed by atoms with Gasteiger partial charge in [-0.15, -0.1) is 11.3 Å². The molecule has 0 aliphatic rings. The average Bonchev–Trinajstić information content (AvgIpc) is 2.41. The number of aromatic nitrogens is 1. The molecule has 0 radical (unpaired) electrons.